The molecule has 3 aromatic rings. The lowest BCUT2D eigenvalue weighted by Gasteiger charge is -2.26. The maximum absolute atomic E-state index is 6.01. The molecule has 0 spiro atoms. The third kappa shape index (κ3) is 4.15. The summed E-state index contributed by atoms with van der Waals surface area (Å²) in [5, 5.41) is 3.25. The van der Waals surface area contributed by atoms with Crippen molar-refractivity contribution in [2.45, 2.75) is 6.54 Å². The molecule has 136 valence electrons. The summed E-state index contributed by atoms with van der Waals surface area (Å²) in [5.74, 6) is 0.893. The van der Waals surface area contributed by atoms with Gasteiger partial charge in [0.25, 0.3) is 6.01 Å². The van der Waals surface area contributed by atoms with Crippen molar-refractivity contribution in [2.24, 2.45) is 0 Å². The van der Waals surface area contributed by atoms with E-state index in [-0.39, 0.29) is 0 Å². The Hall–Kier alpha value is -2.57. The molecule has 0 atom stereocenters. The van der Waals surface area contributed by atoms with Crippen molar-refractivity contribution in [3.05, 3.63) is 54.1 Å². The number of nitrogens with one attached hydrogen (secondary N) is 1. The highest BCUT2D eigenvalue weighted by Gasteiger charge is 2.11. The molecule has 0 amide bonds. The van der Waals surface area contributed by atoms with Crippen molar-refractivity contribution in [2.75, 3.05) is 44.8 Å². The van der Waals surface area contributed by atoms with E-state index in [0.29, 0.717) is 19.2 Å². The lowest BCUT2D eigenvalue weighted by molar-refractivity contribution is 0.0322. The maximum atomic E-state index is 6.01. The molecule has 0 aliphatic carbocycles. The van der Waals surface area contributed by atoms with Gasteiger partial charge in [-0.2, -0.15) is 4.98 Å². The normalized spacial score (nSPS) is 15.2. The van der Waals surface area contributed by atoms with E-state index in [9.17, 15) is 0 Å². The number of aromatic nitrogens is 1. The molecule has 2 heterocycles. The van der Waals surface area contributed by atoms with Crippen LogP contribution in [0.2, 0.25) is 0 Å². The number of rotatable bonds is 7. The summed E-state index contributed by atoms with van der Waals surface area (Å²) in [4.78, 5) is 6.81. The first kappa shape index (κ1) is 16.9. The zero-order chi connectivity index (χ0) is 17.6. The van der Waals surface area contributed by atoms with Crippen LogP contribution in [0.3, 0.4) is 0 Å². The average Bonchev–Trinajstić information content (AvgIpc) is 3.11. The zero-order valence-electron chi connectivity index (χ0n) is 14.7. The number of fused-ring (bicyclic) bond motifs is 1. The SMILES string of the molecule is c1ccc(OCCN2CCOCC2)c(CNc2nc3ccccc3o2)c1. The summed E-state index contributed by atoms with van der Waals surface area (Å²) in [6.07, 6.45) is 0. The lowest BCUT2D eigenvalue weighted by Crippen LogP contribution is -2.38. The molecule has 0 unspecified atom stereocenters. The van der Waals surface area contributed by atoms with Crippen LogP contribution in [0.15, 0.2) is 52.9 Å². The van der Waals surface area contributed by atoms with E-state index in [1.807, 2.05) is 42.5 Å². The van der Waals surface area contributed by atoms with Crippen LogP contribution in [-0.4, -0.2) is 49.3 Å². The second-order valence-corrected chi connectivity index (χ2v) is 6.25. The number of morpholine rings is 1. The number of nitrogens with zero attached hydrogens (tertiary/aromatic N) is 2. The highest BCUT2D eigenvalue weighted by molar-refractivity contribution is 5.74. The van der Waals surface area contributed by atoms with Crippen molar-refractivity contribution >= 4 is 17.1 Å². The van der Waals surface area contributed by atoms with Gasteiger partial charge in [0.15, 0.2) is 5.58 Å². The van der Waals surface area contributed by atoms with Gasteiger partial charge in [0.2, 0.25) is 0 Å². The molecule has 1 aliphatic rings. The number of ether oxygens (including phenoxy) is 2. The van der Waals surface area contributed by atoms with E-state index in [2.05, 4.69) is 21.3 Å². The van der Waals surface area contributed by atoms with Crippen LogP contribution in [0.1, 0.15) is 5.56 Å². The highest BCUT2D eigenvalue weighted by atomic mass is 16.5. The lowest BCUT2D eigenvalue weighted by atomic mass is 10.2. The fourth-order valence-electron chi connectivity index (χ4n) is 3.02. The predicted octanol–water partition coefficient (Wildman–Crippen LogP) is 3.15. The van der Waals surface area contributed by atoms with Gasteiger partial charge in [-0.25, -0.2) is 0 Å². The van der Waals surface area contributed by atoms with Crippen LogP contribution >= 0.6 is 0 Å². The molecule has 1 saturated heterocycles. The van der Waals surface area contributed by atoms with Crippen LogP contribution in [0.5, 0.6) is 5.75 Å². The molecule has 1 fully saturated rings. The Bertz CT molecular complexity index is 810. The van der Waals surface area contributed by atoms with Crippen LogP contribution in [0.25, 0.3) is 11.1 Å². The Morgan fingerprint density at radius 1 is 1.04 bits per heavy atom. The Morgan fingerprint density at radius 3 is 2.73 bits per heavy atom. The van der Waals surface area contributed by atoms with Gasteiger partial charge in [0.05, 0.1) is 13.2 Å². The first-order chi connectivity index (χ1) is 12.9. The molecule has 1 aliphatic heterocycles. The summed E-state index contributed by atoms with van der Waals surface area (Å²) in [5.41, 5.74) is 2.71. The van der Waals surface area contributed by atoms with Gasteiger partial charge >= 0.3 is 0 Å². The number of anilines is 1. The minimum absolute atomic E-state index is 0.523. The second-order valence-electron chi connectivity index (χ2n) is 6.25. The summed E-state index contributed by atoms with van der Waals surface area (Å²) >= 11 is 0. The summed E-state index contributed by atoms with van der Waals surface area (Å²) in [6, 6.07) is 16.3. The number of para-hydroxylation sites is 3. The molecule has 1 aromatic heterocycles. The largest absolute Gasteiger partial charge is 0.492 e. The van der Waals surface area contributed by atoms with Crippen molar-refractivity contribution in [3.8, 4) is 5.75 Å². The fraction of sp³-hybridized carbons (Fsp3) is 0.350. The second kappa shape index (κ2) is 8.21. The van der Waals surface area contributed by atoms with Gasteiger partial charge in [-0.05, 0) is 18.2 Å². The van der Waals surface area contributed by atoms with Gasteiger partial charge in [-0.15, -0.1) is 0 Å². The summed E-state index contributed by atoms with van der Waals surface area (Å²) in [7, 11) is 0. The minimum Gasteiger partial charge on any atom is -0.492 e. The fourth-order valence-corrected chi connectivity index (χ4v) is 3.02. The van der Waals surface area contributed by atoms with Crippen molar-refractivity contribution < 1.29 is 13.9 Å². The average molecular weight is 353 g/mol. The molecule has 6 nitrogen and oxygen atoms in total. The highest BCUT2D eigenvalue weighted by Crippen LogP contribution is 2.22. The molecule has 0 radical (unpaired) electrons. The third-order valence-corrected chi connectivity index (χ3v) is 4.47. The van der Waals surface area contributed by atoms with Crippen molar-refractivity contribution in [1.82, 2.24) is 9.88 Å². The standard InChI is InChI=1S/C20H23N3O3/c1-3-7-18(25-14-11-23-9-12-24-13-10-23)16(5-1)15-21-20-22-17-6-2-4-8-19(17)26-20/h1-8H,9-15H2,(H,21,22). The molecule has 2 aromatic carbocycles. The molecule has 26 heavy (non-hydrogen) atoms. The van der Waals surface area contributed by atoms with E-state index >= 15 is 0 Å². The van der Waals surface area contributed by atoms with Gasteiger partial charge in [-0.3, -0.25) is 4.90 Å². The Kier molecular flexibility index (Phi) is 5.33. The first-order valence-electron chi connectivity index (χ1n) is 8.99. The van der Waals surface area contributed by atoms with Crippen LogP contribution in [0, 0.1) is 0 Å². The smallest absolute Gasteiger partial charge is 0.295 e. The van der Waals surface area contributed by atoms with Gasteiger partial charge < -0.3 is 19.2 Å². The van der Waals surface area contributed by atoms with Gasteiger partial charge in [0, 0.05) is 31.7 Å². The molecule has 0 bridgehead atoms. The van der Waals surface area contributed by atoms with Crippen LogP contribution < -0.4 is 10.1 Å². The summed E-state index contributed by atoms with van der Waals surface area (Å²) in [6.45, 7) is 5.75. The number of hydrogen-bond donors (Lipinski definition) is 1. The van der Waals surface area contributed by atoms with Gasteiger partial charge in [-0.1, -0.05) is 30.3 Å². The van der Waals surface area contributed by atoms with Gasteiger partial charge in [0.1, 0.15) is 17.9 Å². The maximum Gasteiger partial charge on any atom is 0.295 e. The monoisotopic (exact) mass is 353 g/mol. The van der Waals surface area contributed by atoms with E-state index < -0.39 is 0 Å². The van der Waals surface area contributed by atoms with Crippen molar-refractivity contribution in [1.29, 1.82) is 0 Å². The van der Waals surface area contributed by atoms with E-state index in [0.717, 1.165) is 55.3 Å². The number of benzene rings is 2. The van der Waals surface area contributed by atoms with E-state index in [1.54, 1.807) is 0 Å². The topological polar surface area (TPSA) is 59.8 Å². The molecular weight excluding hydrogens is 330 g/mol. The molecule has 6 heteroatoms. The van der Waals surface area contributed by atoms with Crippen molar-refractivity contribution in [3.63, 3.8) is 0 Å². The first-order valence-corrected chi connectivity index (χ1v) is 8.99. The minimum atomic E-state index is 0.523. The van der Waals surface area contributed by atoms with Crippen LogP contribution in [-0.2, 0) is 11.3 Å². The van der Waals surface area contributed by atoms with E-state index in [1.165, 1.54) is 0 Å². The molecule has 4 rings (SSSR count). The number of hydrogen-bond acceptors (Lipinski definition) is 6. The Balaban J connectivity index is 1.34. The molecular formula is C20H23N3O3. The quantitative estimate of drug-likeness (QED) is 0.704. The Morgan fingerprint density at radius 2 is 1.85 bits per heavy atom. The van der Waals surface area contributed by atoms with Crippen LogP contribution in [0.4, 0.5) is 6.01 Å². The van der Waals surface area contributed by atoms with E-state index in [4.69, 9.17) is 13.9 Å². The zero-order valence-corrected chi connectivity index (χ0v) is 14.7. The predicted molar refractivity (Wildman–Crippen MR) is 101 cm³/mol. The summed E-state index contributed by atoms with van der Waals surface area (Å²) < 4.78 is 17.1. The Labute approximate surface area is 152 Å². The molecule has 0 saturated carbocycles. The number of oxazole rings is 1. The molecule has 1 N–H and O–H groups in total. The third-order valence-electron chi connectivity index (χ3n) is 4.47.